The first kappa shape index (κ1) is 24.7. The summed E-state index contributed by atoms with van der Waals surface area (Å²) >= 11 is 0. The highest BCUT2D eigenvalue weighted by Crippen LogP contribution is 2.39. The zero-order chi connectivity index (χ0) is 26.7. The Balaban J connectivity index is 1.36. The van der Waals surface area contributed by atoms with E-state index in [4.69, 9.17) is 0 Å². The third-order valence-electron chi connectivity index (χ3n) is 7.79. The highest BCUT2D eigenvalue weighted by atomic mass is 15.1. The smallest absolute Gasteiger partial charge is 0.0461 e. The van der Waals surface area contributed by atoms with Crippen LogP contribution in [0.15, 0.2) is 157 Å². The van der Waals surface area contributed by atoms with Crippen molar-refractivity contribution in [1.29, 1.82) is 0 Å². The van der Waals surface area contributed by atoms with Crippen LogP contribution < -0.4 is 4.90 Å². The van der Waals surface area contributed by atoms with Crippen molar-refractivity contribution in [3.8, 4) is 22.3 Å². The molecule has 39 heavy (non-hydrogen) atoms. The van der Waals surface area contributed by atoms with Crippen LogP contribution in [0.25, 0.3) is 22.3 Å². The van der Waals surface area contributed by atoms with Crippen molar-refractivity contribution in [3.63, 3.8) is 0 Å². The number of aryl methyl sites for hydroxylation is 1. The van der Waals surface area contributed by atoms with Gasteiger partial charge in [-0.15, -0.1) is 0 Å². The number of hydrogen-bond acceptors (Lipinski definition) is 1. The van der Waals surface area contributed by atoms with Gasteiger partial charge in [0.05, 0.1) is 0 Å². The predicted molar refractivity (Wildman–Crippen MR) is 166 cm³/mol. The zero-order valence-corrected chi connectivity index (χ0v) is 22.6. The van der Waals surface area contributed by atoms with Crippen molar-refractivity contribution in [2.45, 2.75) is 25.7 Å². The van der Waals surface area contributed by atoms with Gasteiger partial charge in [0.1, 0.15) is 0 Å². The molecule has 0 fully saturated rings. The van der Waals surface area contributed by atoms with Crippen LogP contribution in [0.3, 0.4) is 0 Å². The average Bonchev–Trinajstić information content (AvgIpc) is 3.00. The van der Waals surface area contributed by atoms with Crippen molar-refractivity contribution in [2.24, 2.45) is 0 Å². The number of nitrogens with zero attached hydrogens (tertiary/aromatic N) is 1. The second-order valence-corrected chi connectivity index (χ2v) is 10.6. The molecule has 0 radical (unpaired) electrons. The molecule has 0 aliphatic heterocycles. The molecule has 0 spiro atoms. The van der Waals surface area contributed by atoms with Crippen molar-refractivity contribution >= 4 is 11.4 Å². The van der Waals surface area contributed by atoms with Gasteiger partial charge in [-0.1, -0.05) is 134 Å². The Kier molecular flexibility index (Phi) is 6.73. The highest BCUT2D eigenvalue weighted by Gasteiger charge is 2.26. The minimum absolute atomic E-state index is 0.0110. The molecule has 1 nitrogen and oxygen atoms in total. The Hall–Kier alpha value is -4.62. The molecule has 5 aromatic carbocycles. The Morgan fingerprint density at radius 3 is 1.49 bits per heavy atom. The first-order chi connectivity index (χ1) is 19.1. The summed E-state index contributed by atoms with van der Waals surface area (Å²) in [5.74, 6) is 0. The standard InChI is InChI=1S/C38H33N/c1-29-13-15-31(16-14-29)33-19-23-36(24-20-33)39(35-21-17-32(18-22-35)30-9-5-3-6-10-30)37-25-27-38(2,28-26-37)34-11-7-4-8-12-34/h3-27H,28H2,1-2H3. The molecule has 190 valence electrons. The molecule has 0 saturated heterocycles. The molecule has 1 atom stereocenters. The van der Waals surface area contributed by atoms with Gasteiger partial charge in [0.15, 0.2) is 0 Å². The molecule has 0 saturated carbocycles. The van der Waals surface area contributed by atoms with Crippen LogP contribution in [0.1, 0.15) is 24.5 Å². The molecule has 1 aliphatic carbocycles. The van der Waals surface area contributed by atoms with E-state index >= 15 is 0 Å². The lowest BCUT2D eigenvalue weighted by atomic mass is 9.77. The van der Waals surface area contributed by atoms with E-state index in [1.165, 1.54) is 39.1 Å². The van der Waals surface area contributed by atoms with E-state index in [9.17, 15) is 0 Å². The van der Waals surface area contributed by atoms with Crippen LogP contribution in [0.2, 0.25) is 0 Å². The first-order valence-electron chi connectivity index (χ1n) is 13.7. The molecule has 1 heteroatoms. The molecular weight excluding hydrogens is 470 g/mol. The van der Waals surface area contributed by atoms with Crippen LogP contribution in [-0.4, -0.2) is 0 Å². The third-order valence-corrected chi connectivity index (χ3v) is 7.79. The molecule has 5 aromatic rings. The van der Waals surface area contributed by atoms with E-state index in [0.29, 0.717) is 0 Å². The summed E-state index contributed by atoms with van der Waals surface area (Å²) in [6.45, 7) is 4.45. The summed E-state index contributed by atoms with van der Waals surface area (Å²) in [6.07, 6.45) is 7.98. The monoisotopic (exact) mass is 503 g/mol. The van der Waals surface area contributed by atoms with Crippen LogP contribution in [0, 0.1) is 6.92 Å². The van der Waals surface area contributed by atoms with E-state index in [-0.39, 0.29) is 5.41 Å². The fourth-order valence-corrected chi connectivity index (χ4v) is 5.35. The summed E-state index contributed by atoms with van der Waals surface area (Å²) < 4.78 is 0. The third kappa shape index (κ3) is 5.22. The molecule has 6 rings (SSSR count). The Labute approximate surface area is 232 Å². The average molecular weight is 504 g/mol. The van der Waals surface area contributed by atoms with E-state index in [2.05, 4.69) is 170 Å². The van der Waals surface area contributed by atoms with Crippen LogP contribution in [0.4, 0.5) is 11.4 Å². The van der Waals surface area contributed by atoms with E-state index < -0.39 is 0 Å². The molecule has 0 bridgehead atoms. The molecule has 0 aromatic heterocycles. The van der Waals surface area contributed by atoms with Gasteiger partial charge < -0.3 is 4.90 Å². The molecule has 1 aliphatic rings. The van der Waals surface area contributed by atoms with Gasteiger partial charge in [-0.05, 0) is 71.5 Å². The summed E-state index contributed by atoms with van der Waals surface area (Å²) in [5, 5.41) is 0. The van der Waals surface area contributed by atoms with Gasteiger partial charge in [-0.2, -0.15) is 0 Å². The SMILES string of the molecule is Cc1ccc(-c2ccc(N(C3=CCC(C)(c4ccccc4)C=C3)c3ccc(-c4ccccc4)cc3)cc2)cc1. The van der Waals surface area contributed by atoms with Crippen molar-refractivity contribution < 1.29 is 0 Å². The van der Waals surface area contributed by atoms with Gasteiger partial charge in [-0.25, -0.2) is 0 Å². The quantitative estimate of drug-likeness (QED) is 0.223. The van der Waals surface area contributed by atoms with Gasteiger partial charge in [0.25, 0.3) is 0 Å². The largest absolute Gasteiger partial charge is 0.311 e. The fourth-order valence-electron chi connectivity index (χ4n) is 5.35. The maximum Gasteiger partial charge on any atom is 0.0461 e. The number of benzene rings is 5. The molecule has 0 N–H and O–H groups in total. The molecular formula is C38H33N. The lowest BCUT2D eigenvalue weighted by Gasteiger charge is -2.33. The zero-order valence-electron chi connectivity index (χ0n) is 22.6. The highest BCUT2D eigenvalue weighted by molar-refractivity contribution is 5.76. The number of anilines is 2. The topological polar surface area (TPSA) is 3.24 Å². The minimum Gasteiger partial charge on any atom is -0.311 e. The first-order valence-corrected chi connectivity index (χ1v) is 13.7. The van der Waals surface area contributed by atoms with Crippen LogP contribution in [-0.2, 0) is 5.41 Å². The molecule has 0 amide bonds. The lowest BCUT2D eigenvalue weighted by Crippen LogP contribution is -2.24. The minimum atomic E-state index is -0.0110. The summed E-state index contributed by atoms with van der Waals surface area (Å²) in [5.41, 5.74) is 11.0. The van der Waals surface area contributed by atoms with Gasteiger partial charge in [-0.3, -0.25) is 0 Å². The van der Waals surface area contributed by atoms with E-state index in [0.717, 1.165) is 17.8 Å². The Morgan fingerprint density at radius 1 is 0.538 bits per heavy atom. The number of allylic oxidation sites excluding steroid dienone is 3. The number of rotatable bonds is 6. The van der Waals surface area contributed by atoms with Crippen molar-refractivity contribution in [2.75, 3.05) is 4.90 Å². The lowest BCUT2D eigenvalue weighted by molar-refractivity contribution is 0.595. The fraction of sp³-hybridized carbons (Fsp3) is 0.105. The van der Waals surface area contributed by atoms with Crippen molar-refractivity contribution in [3.05, 3.63) is 169 Å². The van der Waals surface area contributed by atoms with Gasteiger partial charge in [0, 0.05) is 22.5 Å². The van der Waals surface area contributed by atoms with Crippen LogP contribution >= 0.6 is 0 Å². The van der Waals surface area contributed by atoms with Crippen LogP contribution in [0.5, 0.6) is 0 Å². The maximum atomic E-state index is 2.38. The number of hydrogen-bond donors (Lipinski definition) is 0. The van der Waals surface area contributed by atoms with Crippen molar-refractivity contribution in [1.82, 2.24) is 0 Å². The Morgan fingerprint density at radius 2 is 1.00 bits per heavy atom. The molecule has 0 heterocycles. The normalized spacial score (nSPS) is 16.5. The van der Waals surface area contributed by atoms with E-state index in [1.54, 1.807) is 0 Å². The Bertz CT molecular complexity index is 1590. The van der Waals surface area contributed by atoms with Gasteiger partial charge in [0.2, 0.25) is 0 Å². The van der Waals surface area contributed by atoms with E-state index in [1.807, 2.05) is 0 Å². The predicted octanol–water partition coefficient (Wildman–Crippen LogP) is 10.3. The maximum absolute atomic E-state index is 2.38. The summed E-state index contributed by atoms with van der Waals surface area (Å²) in [7, 11) is 0. The second kappa shape index (κ2) is 10.6. The van der Waals surface area contributed by atoms with Gasteiger partial charge >= 0.3 is 0 Å². The summed E-state index contributed by atoms with van der Waals surface area (Å²) in [6, 6.07) is 47.9. The second-order valence-electron chi connectivity index (χ2n) is 10.6. The molecule has 1 unspecified atom stereocenters. The summed E-state index contributed by atoms with van der Waals surface area (Å²) in [4.78, 5) is 2.37.